The van der Waals surface area contributed by atoms with Gasteiger partial charge in [-0.15, -0.1) is 0 Å². The first kappa shape index (κ1) is 21.8. The molecule has 0 bridgehead atoms. The van der Waals surface area contributed by atoms with Crippen molar-refractivity contribution in [2.45, 2.75) is 25.4 Å². The summed E-state index contributed by atoms with van der Waals surface area (Å²) in [5, 5.41) is 14.6. The largest absolute Gasteiger partial charge is 0.480 e. The quantitative estimate of drug-likeness (QED) is 0.492. The number of carboxylic acids is 1. The summed E-state index contributed by atoms with van der Waals surface area (Å²) in [4.78, 5) is 23.8. The number of aliphatic carboxylic acids is 1. The van der Waals surface area contributed by atoms with Crippen LogP contribution in [0.3, 0.4) is 0 Å². The second-order valence-electron chi connectivity index (χ2n) is 7.05. The summed E-state index contributed by atoms with van der Waals surface area (Å²) in [7, 11) is 0. The molecule has 160 valence electrons. The molecule has 7 heteroatoms. The number of urea groups is 1. The molecule has 6 nitrogen and oxygen atoms in total. The van der Waals surface area contributed by atoms with E-state index in [0.29, 0.717) is 11.3 Å². The van der Waals surface area contributed by atoms with Crippen LogP contribution in [0.4, 0.5) is 9.18 Å². The third-order valence-electron chi connectivity index (χ3n) is 4.66. The van der Waals surface area contributed by atoms with E-state index in [1.54, 1.807) is 19.1 Å². The van der Waals surface area contributed by atoms with Crippen molar-refractivity contribution in [3.05, 3.63) is 95.8 Å². The van der Waals surface area contributed by atoms with Crippen LogP contribution in [-0.2, 0) is 11.2 Å². The molecule has 0 aliphatic carbocycles. The molecule has 31 heavy (non-hydrogen) atoms. The average Bonchev–Trinajstić information content (AvgIpc) is 2.76. The number of rotatable bonds is 8. The number of benzene rings is 3. The molecule has 0 aromatic heterocycles. The van der Waals surface area contributed by atoms with Crippen LogP contribution in [0.2, 0.25) is 0 Å². The summed E-state index contributed by atoms with van der Waals surface area (Å²) in [6, 6.07) is 20.0. The molecule has 0 aliphatic rings. The fraction of sp³-hybridized carbons (Fsp3) is 0.167. The van der Waals surface area contributed by atoms with Gasteiger partial charge in [-0.05, 0) is 54.4 Å². The summed E-state index contributed by atoms with van der Waals surface area (Å²) in [5.74, 6) is -0.191. The van der Waals surface area contributed by atoms with E-state index >= 15 is 0 Å². The summed E-state index contributed by atoms with van der Waals surface area (Å²) >= 11 is 0. The highest BCUT2D eigenvalue weighted by molar-refractivity contribution is 5.83. The van der Waals surface area contributed by atoms with E-state index in [1.807, 2.05) is 42.5 Å². The minimum absolute atomic E-state index is 0.0446. The molecule has 3 rings (SSSR count). The van der Waals surface area contributed by atoms with Crippen LogP contribution in [0, 0.1) is 5.82 Å². The molecule has 3 aromatic rings. The van der Waals surface area contributed by atoms with Gasteiger partial charge in [0, 0.05) is 6.42 Å². The second kappa shape index (κ2) is 10.2. The molecule has 0 fully saturated rings. The predicted octanol–water partition coefficient (Wildman–Crippen LogP) is 4.67. The third-order valence-corrected chi connectivity index (χ3v) is 4.66. The number of carbonyl (C=O) groups is 2. The highest BCUT2D eigenvalue weighted by Gasteiger charge is 2.21. The van der Waals surface area contributed by atoms with Gasteiger partial charge in [0.2, 0.25) is 0 Å². The minimum atomic E-state index is -1.17. The van der Waals surface area contributed by atoms with E-state index in [9.17, 15) is 19.1 Å². The van der Waals surface area contributed by atoms with Crippen LogP contribution in [0.15, 0.2) is 78.9 Å². The molecule has 0 aliphatic heterocycles. The molecule has 2 atom stereocenters. The Morgan fingerprint density at radius 1 is 0.903 bits per heavy atom. The summed E-state index contributed by atoms with van der Waals surface area (Å²) in [5.41, 5.74) is 1.44. The Hall–Kier alpha value is -3.87. The highest BCUT2D eigenvalue weighted by Crippen LogP contribution is 2.23. The number of hydrogen-bond acceptors (Lipinski definition) is 3. The maximum absolute atomic E-state index is 13.0. The molecular weight excluding hydrogens is 399 g/mol. The molecule has 0 saturated carbocycles. The van der Waals surface area contributed by atoms with Crippen LogP contribution in [0.1, 0.15) is 24.1 Å². The minimum Gasteiger partial charge on any atom is -0.480 e. The van der Waals surface area contributed by atoms with Crippen LogP contribution >= 0.6 is 0 Å². The monoisotopic (exact) mass is 422 g/mol. The summed E-state index contributed by atoms with van der Waals surface area (Å²) in [6.07, 6.45) is 0.0446. The number of nitrogens with one attached hydrogen (secondary N) is 2. The molecule has 0 saturated heterocycles. The first-order valence-electron chi connectivity index (χ1n) is 9.78. The standard InChI is InChI=1S/C24H23FN2O4/c1-16(18-9-13-21(14-10-18)31-20-5-3-2-4-6-20)26-24(30)27-22(23(28)29)15-17-7-11-19(25)12-8-17/h2-14,16,22H,15H2,1H3,(H,28,29)(H2,26,27,30). The fourth-order valence-electron chi connectivity index (χ4n) is 2.99. The number of amides is 2. The van der Waals surface area contributed by atoms with E-state index in [4.69, 9.17) is 4.74 Å². The van der Waals surface area contributed by atoms with Gasteiger partial charge < -0.3 is 20.5 Å². The summed E-state index contributed by atoms with van der Waals surface area (Å²) < 4.78 is 18.8. The number of hydrogen-bond donors (Lipinski definition) is 3. The molecule has 0 radical (unpaired) electrons. The van der Waals surface area contributed by atoms with E-state index in [-0.39, 0.29) is 12.5 Å². The van der Waals surface area contributed by atoms with Crippen molar-refractivity contribution in [3.8, 4) is 11.5 Å². The maximum atomic E-state index is 13.0. The number of carboxylic acid groups (broad SMARTS) is 1. The van der Waals surface area contributed by atoms with Crippen molar-refractivity contribution in [2.75, 3.05) is 0 Å². The van der Waals surface area contributed by atoms with Crippen LogP contribution in [-0.4, -0.2) is 23.1 Å². The van der Waals surface area contributed by atoms with Gasteiger partial charge in [-0.2, -0.15) is 0 Å². The third kappa shape index (κ3) is 6.57. The average molecular weight is 422 g/mol. The second-order valence-corrected chi connectivity index (χ2v) is 7.05. The molecule has 3 N–H and O–H groups in total. The lowest BCUT2D eigenvalue weighted by atomic mass is 10.1. The van der Waals surface area contributed by atoms with Crippen molar-refractivity contribution in [1.29, 1.82) is 0 Å². The van der Waals surface area contributed by atoms with Crippen molar-refractivity contribution in [1.82, 2.24) is 10.6 Å². The van der Waals surface area contributed by atoms with Crippen LogP contribution < -0.4 is 15.4 Å². The van der Waals surface area contributed by atoms with Gasteiger partial charge in [0.25, 0.3) is 0 Å². The molecule has 0 spiro atoms. The van der Waals surface area contributed by atoms with Crippen molar-refractivity contribution < 1.29 is 23.8 Å². The predicted molar refractivity (Wildman–Crippen MR) is 115 cm³/mol. The van der Waals surface area contributed by atoms with Crippen LogP contribution in [0.25, 0.3) is 0 Å². The maximum Gasteiger partial charge on any atom is 0.326 e. The van der Waals surface area contributed by atoms with Gasteiger partial charge >= 0.3 is 12.0 Å². The van der Waals surface area contributed by atoms with Gasteiger partial charge in [0.1, 0.15) is 23.4 Å². The van der Waals surface area contributed by atoms with Crippen LogP contribution in [0.5, 0.6) is 11.5 Å². The number of para-hydroxylation sites is 1. The smallest absolute Gasteiger partial charge is 0.326 e. The van der Waals surface area contributed by atoms with E-state index < -0.39 is 23.9 Å². The topological polar surface area (TPSA) is 87.7 Å². The lowest BCUT2D eigenvalue weighted by Crippen LogP contribution is -2.47. The Kier molecular flexibility index (Phi) is 7.22. The molecule has 3 aromatic carbocycles. The van der Waals surface area contributed by atoms with E-state index in [1.165, 1.54) is 24.3 Å². The zero-order chi connectivity index (χ0) is 22.2. The lowest BCUT2D eigenvalue weighted by molar-refractivity contribution is -0.139. The molecule has 2 unspecified atom stereocenters. The number of carbonyl (C=O) groups excluding carboxylic acids is 1. The zero-order valence-corrected chi connectivity index (χ0v) is 16.9. The highest BCUT2D eigenvalue weighted by atomic mass is 19.1. The molecule has 2 amide bonds. The Morgan fingerprint density at radius 2 is 1.52 bits per heavy atom. The summed E-state index contributed by atoms with van der Waals surface area (Å²) in [6.45, 7) is 1.79. The van der Waals surface area contributed by atoms with Crippen molar-refractivity contribution >= 4 is 12.0 Å². The van der Waals surface area contributed by atoms with E-state index in [2.05, 4.69) is 10.6 Å². The van der Waals surface area contributed by atoms with Gasteiger partial charge in [-0.25, -0.2) is 14.0 Å². The number of ether oxygens (including phenoxy) is 1. The number of halogens is 1. The first-order chi connectivity index (χ1) is 14.9. The van der Waals surface area contributed by atoms with Gasteiger partial charge in [-0.1, -0.05) is 42.5 Å². The van der Waals surface area contributed by atoms with E-state index in [0.717, 1.165) is 11.3 Å². The van der Waals surface area contributed by atoms with Gasteiger partial charge in [0.05, 0.1) is 6.04 Å². The fourth-order valence-corrected chi connectivity index (χ4v) is 2.99. The lowest BCUT2D eigenvalue weighted by Gasteiger charge is -2.19. The Bertz CT molecular complexity index is 1010. The van der Waals surface area contributed by atoms with Gasteiger partial charge in [0.15, 0.2) is 0 Å². The Morgan fingerprint density at radius 3 is 2.13 bits per heavy atom. The van der Waals surface area contributed by atoms with Crippen molar-refractivity contribution in [2.24, 2.45) is 0 Å². The first-order valence-corrected chi connectivity index (χ1v) is 9.78. The zero-order valence-electron chi connectivity index (χ0n) is 16.9. The normalized spacial score (nSPS) is 12.5. The molecular formula is C24H23FN2O4. The Labute approximate surface area is 179 Å². The van der Waals surface area contributed by atoms with Crippen molar-refractivity contribution in [3.63, 3.8) is 0 Å². The Balaban J connectivity index is 1.55. The SMILES string of the molecule is CC(NC(=O)NC(Cc1ccc(F)cc1)C(=O)O)c1ccc(Oc2ccccc2)cc1. The van der Waals surface area contributed by atoms with Gasteiger partial charge in [-0.3, -0.25) is 0 Å². The molecule has 0 heterocycles.